The molecule has 1 rings (SSSR count). The first kappa shape index (κ1) is 15.9. The summed E-state index contributed by atoms with van der Waals surface area (Å²) in [5, 5.41) is 8.82. The molecule has 0 aliphatic rings. The van der Waals surface area contributed by atoms with Crippen molar-refractivity contribution in [3.63, 3.8) is 0 Å². The number of alkyl halides is 2. The highest BCUT2D eigenvalue weighted by Crippen LogP contribution is 2.14. The van der Waals surface area contributed by atoms with Crippen molar-refractivity contribution < 1.29 is 18.3 Å². The second-order valence-corrected chi connectivity index (χ2v) is 4.46. The van der Waals surface area contributed by atoms with E-state index in [1.165, 1.54) is 23.1 Å². The van der Waals surface area contributed by atoms with Gasteiger partial charge in [0.15, 0.2) is 0 Å². The van der Waals surface area contributed by atoms with Crippen molar-refractivity contribution in [2.24, 2.45) is 5.73 Å². The van der Waals surface area contributed by atoms with Crippen LogP contribution in [-0.4, -0.2) is 41.1 Å². The van der Waals surface area contributed by atoms with Crippen molar-refractivity contribution in [1.82, 2.24) is 4.90 Å². The van der Waals surface area contributed by atoms with Crippen LogP contribution in [0.4, 0.5) is 13.2 Å². The van der Waals surface area contributed by atoms with Gasteiger partial charge < -0.3 is 10.8 Å². The van der Waals surface area contributed by atoms with Crippen molar-refractivity contribution in [2.45, 2.75) is 13.0 Å². The smallest absolute Gasteiger partial charge is 0.251 e. The minimum atomic E-state index is -2.55. The molecule has 0 aromatic heterocycles. The molecule has 0 heterocycles. The Morgan fingerprint density at radius 3 is 2.63 bits per heavy atom. The number of aliphatic hydroxyl groups excluding tert-OH is 1. The molecule has 0 amide bonds. The maximum Gasteiger partial charge on any atom is 0.251 e. The molecule has 0 atom stereocenters. The molecule has 0 saturated carbocycles. The van der Waals surface area contributed by atoms with E-state index in [9.17, 15) is 13.2 Å². The largest absolute Gasteiger partial charge is 0.395 e. The molecule has 7 heteroatoms. The molecule has 0 aliphatic heterocycles. The number of hydrogen-bond acceptors (Lipinski definition) is 3. The van der Waals surface area contributed by atoms with Crippen LogP contribution in [-0.2, 0) is 6.54 Å². The van der Waals surface area contributed by atoms with Gasteiger partial charge >= 0.3 is 0 Å². The van der Waals surface area contributed by atoms with Crippen LogP contribution in [0.3, 0.4) is 0 Å². The SMILES string of the molecule is NC(=S)c1ccc(F)c(CN(CCO)CC(F)F)c1. The fourth-order valence-electron chi connectivity index (χ4n) is 1.66. The zero-order valence-corrected chi connectivity index (χ0v) is 11.0. The minimum absolute atomic E-state index is 0.0345. The van der Waals surface area contributed by atoms with Gasteiger partial charge in [-0.3, -0.25) is 4.90 Å². The molecule has 106 valence electrons. The summed E-state index contributed by atoms with van der Waals surface area (Å²) in [6, 6.07) is 4.07. The first-order valence-electron chi connectivity index (χ1n) is 5.63. The normalized spacial score (nSPS) is 11.3. The summed E-state index contributed by atoms with van der Waals surface area (Å²) in [7, 11) is 0. The van der Waals surface area contributed by atoms with E-state index in [2.05, 4.69) is 0 Å². The molecule has 0 aliphatic carbocycles. The second-order valence-electron chi connectivity index (χ2n) is 4.02. The molecule has 3 nitrogen and oxygen atoms in total. The van der Waals surface area contributed by atoms with Crippen LogP contribution >= 0.6 is 12.2 Å². The van der Waals surface area contributed by atoms with Gasteiger partial charge in [0.1, 0.15) is 10.8 Å². The maximum absolute atomic E-state index is 13.6. The predicted octanol–water partition coefficient (Wildman–Crippen LogP) is 1.52. The predicted molar refractivity (Wildman–Crippen MR) is 70.7 cm³/mol. The summed E-state index contributed by atoms with van der Waals surface area (Å²) in [5.74, 6) is -0.516. The van der Waals surface area contributed by atoms with E-state index >= 15 is 0 Å². The molecular formula is C12H15F3N2OS. The lowest BCUT2D eigenvalue weighted by atomic mass is 10.1. The topological polar surface area (TPSA) is 49.5 Å². The van der Waals surface area contributed by atoms with Gasteiger partial charge in [0.25, 0.3) is 6.43 Å². The highest BCUT2D eigenvalue weighted by atomic mass is 32.1. The average molecular weight is 292 g/mol. The summed E-state index contributed by atoms with van der Waals surface area (Å²) in [4.78, 5) is 1.38. The van der Waals surface area contributed by atoms with Gasteiger partial charge in [0, 0.05) is 24.2 Å². The van der Waals surface area contributed by atoms with Gasteiger partial charge in [-0.05, 0) is 18.2 Å². The summed E-state index contributed by atoms with van der Waals surface area (Å²) in [5.41, 5.74) is 6.14. The summed E-state index contributed by atoms with van der Waals surface area (Å²) >= 11 is 4.78. The van der Waals surface area contributed by atoms with Gasteiger partial charge in [0.2, 0.25) is 0 Å². The van der Waals surface area contributed by atoms with E-state index in [0.717, 1.165) is 0 Å². The van der Waals surface area contributed by atoms with E-state index in [-0.39, 0.29) is 30.2 Å². The monoisotopic (exact) mass is 292 g/mol. The molecular weight excluding hydrogens is 277 g/mol. The van der Waals surface area contributed by atoms with Gasteiger partial charge in [-0.25, -0.2) is 13.2 Å². The molecule has 3 N–H and O–H groups in total. The van der Waals surface area contributed by atoms with Crippen molar-refractivity contribution in [2.75, 3.05) is 19.7 Å². The molecule has 0 unspecified atom stereocenters. The molecule has 1 aromatic rings. The number of nitrogens with two attached hydrogens (primary N) is 1. The lowest BCUT2D eigenvalue weighted by Gasteiger charge is -2.21. The van der Waals surface area contributed by atoms with Gasteiger partial charge in [0.05, 0.1) is 13.2 Å². The Hall–Kier alpha value is -1.18. The highest BCUT2D eigenvalue weighted by Gasteiger charge is 2.14. The van der Waals surface area contributed by atoms with Crippen LogP contribution in [0, 0.1) is 5.82 Å². The standard InChI is InChI=1S/C12H15F3N2OS/c13-10-2-1-8(12(16)19)5-9(10)6-17(3-4-18)7-11(14)15/h1-2,5,11,18H,3-4,6-7H2,(H2,16,19). The number of aliphatic hydroxyl groups is 1. The van der Waals surface area contributed by atoms with Gasteiger partial charge in [-0.15, -0.1) is 0 Å². The molecule has 0 fully saturated rings. The number of halogens is 3. The molecule has 19 heavy (non-hydrogen) atoms. The fraction of sp³-hybridized carbons (Fsp3) is 0.417. The maximum atomic E-state index is 13.6. The van der Waals surface area contributed by atoms with Crippen LogP contribution in [0.1, 0.15) is 11.1 Å². The van der Waals surface area contributed by atoms with Crippen LogP contribution < -0.4 is 5.73 Å². The second kappa shape index (κ2) is 7.42. The van der Waals surface area contributed by atoms with Crippen LogP contribution in [0.15, 0.2) is 18.2 Å². The van der Waals surface area contributed by atoms with Crippen LogP contribution in [0.5, 0.6) is 0 Å². The molecule has 0 spiro atoms. The minimum Gasteiger partial charge on any atom is -0.395 e. The first-order chi connectivity index (χ1) is 8.93. The Bertz CT molecular complexity index is 443. The zero-order chi connectivity index (χ0) is 14.4. The number of nitrogens with zero attached hydrogens (tertiary/aromatic N) is 1. The van der Waals surface area contributed by atoms with Crippen molar-refractivity contribution >= 4 is 17.2 Å². The number of thiocarbonyl (C=S) groups is 1. The van der Waals surface area contributed by atoms with Gasteiger partial charge in [-0.2, -0.15) is 0 Å². The Morgan fingerprint density at radius 2 is 2.11 bits per heavy atom. The Labute approximate surface area is 114 Å². The third kappa shape index (κ3) is 5.14. The fourth-order valence-corrected chi connectivity index (χ4v) is 1.79. The van der Waals surface area contributed by atoms with Crippen molar-refractivity contribution in [1.29, 1.82) is 0 Å². The van der Waals surface area contributed by atoms with E-state index in [1.54, 1.807) is 0 Å². The quantitative estimate of drug-likeness (QED) is 0.748. The number of benzene rings is 1. The Morgan fingerprint density at radius 1 is 1.42 bits per heavy atom. The number of rotatable bonds is 7. The van der Waals surface area contributed by atoms with E-state index < -0.39 is 18.8 Å². The molecule has 0 bridgehead atoms. The summed E-state index contributed by atoms with van der Waals surface area (Å²) in [6.45, 7) is -0.797. The first-order valence-corrected chi connectivity index (χ1v) is 6.04. The summed E-state index contributed by atoms with van der Waals surface area (Å²) in [6.07, 6.45) is -2.55. The van der Waals surface area contributed by atoms with Gasteiger partial charge in [-0.1, -0.05) is 12.2 Å². The zero-order valence-electron chi connectivity index (χ0n) is 10.2. The lowest BCUT2D eigenvalue weighted by Crippen LogP contribution is -2.31. The van der Waals surface area contributed by atoms with E-state index in [0.29, 0.717) is 5.56 Å². The Kier molecular flexibility index (Phi) is 6.20. The van der Waals surface area contributed by atoms with E-state index in [4.69, 9.17) is 23.1 Å². The van der Waals surface area contributed by atoms with Crippen molar-refractivity contribution in [3.05, 3.63) is 35.1 Å². The van der Waals surface area contributed by atoms with E-state index in [1.807, 2.05) is 0 Å². The Balaban J connectivity index is 2.88. The summed E-state index contributed by atoms with van der Waals surface area (Å²) < 4.78 is 38.3. The lowest BCUT2D eigenvalue weighted by molar-refractivity contribution is 0.0741. The average Bonchev–Trinajstić information content (AvgIpc) is 2.31. The van der Waals surface area contributed by atoms with Crippen LogP contribution in [0.25, 0.3) is 0 Å². The van der Waals surface area contributed by atoms with Crippen LogP contribution in [0.2, 0.25) is 0 Å². The number of hydrogen-bond donors (Lipinski definition) is 2. The molecule has 0 radical (unpaired) electrons. The van der Waals surface area contributed by atoms with Crippen molar-refractivity contribution in [3.8, 4) is 0 Å². The molecule has 1 aromatic carbocycles. The third-order valence-electron chi connectivity index (χ3n) is 2.54. The third-order valence-corrected chi connectivity index (χ3v) is 2.77. The highest BCUT2D eigenvalue weighted by molar-refractivity contribution is 7.80. The molecule has 0 saturated heterocycles.